The molecule has 1 aliphatic heterocycles. The Morgan fingerprint density at radius 2 is 2.50 bits per heavy atom. The van der Waals surface area contributed by atoms with Crippen LogP contribution in [0, 0.1) is 11.3 Å². The first-order valence-corrected chi connectivity index (χ1v) is 5.86. The summed E-state index contributed by atoms with van der Waals surface area (Å²) in [5.41, 5.74) is 1.49. The topological polar surface area (TPSA) is 68.5 Å². The molecule has 0 saturated carbocycles. The van der Waals surface area contributed by atoms with Crippen LogP contribution in [0.1, 0.15) is 6.42 Å². The van der Waals surface area contributed by atoms with Crippen LogP contribution in [-0.2, 0) is 4.79 Å². The second-order valence-electron chi connectivity index (χ2n) is 3.34. The van der Waals surface area contributed by atoms with Crippen molar-refractivity contribution in [2.75, 3.05) is 12.4 Å². The fourth-order valence-electron chi connectivity index (χ4n) is 1.33. The third-order valence-electron chi connectivity index (χ3n) is 2.14. The van der Waals surface area contributed by atoms with Gasteiger partial charge in [0.2, 0.25) is 0 Å². The lowest BCUT2D eigenvalue weighted by Gasteiger charge is -2.16. The number of halogens is 1. The van der Waals surface area contributed by atoms with E-state index in [2.05, 4.69) is 16.5 Å². The van der Waals surface area contributed by atoms with E-state index in [0.717, 1.165) is 5.70 Å². The molecule has 0 aliphatic carbocycles. The summed E-state index contributed by atoms with van der Waals surface area (Å²) >= 11 is 5.54. The quantitative estimate of drug-likeness (QED) is 0.269. The lowest BCUT2D eigenvalue weighted by Crippen LogP contribution is -2.14. The number of hydrogen-bond acceptors (Lipinski definition) is 5. The second-order valence-corrected chi connectivity index (χ2v) is 3.64. The number of hydrazone groups is 1. The number of nitrogens with one attached hydrogen (secondary N) is 1. The molecule has 1 heterocycles. The molecule has 1 rings (SSSR count). The summed E-state index contributed by atoms with van der Waals surface area (Å²) in [5.74, 6) is 0.283. The molecule has 0 aromatic rings. The average molecular weight is 265 g/mol. The maximum Gasteiger partial charge on any atom is 0.144 e. The summed E-state index contributed by atoms with van der Waals surface area (Å²) in [4.78, 5) is 10.4. The van der Waals surface area contributed by atoms with E-state index in [4.69, 9.17) is 16.9 Å². The predicted molar refractivity (Wildman–Crippen MR) is 70.7 cm³/mol. The molecule has 1 N–H and O–H groups in total. The number of aldehydes is 1. The fraction of sp³-hybridized carbons (Fsp3) is 0.250. The van der Waals surface area contributed by atoms with Gasteiger partial charge in [-0.05, 0) is 6.08 Å². The molecule has 0 aromatic heterocycles. The van der Waals surface area contributed by atoms with Gasteiger partial charge in [-0.25, -0.2) is 5.01 Å². The van der Waals surface area contributed by atoms with Crippen LogP contribution in [0.3, 0.4) is 0 Å². The van der Waals surface area contributed by atoms with E-state index in [0.29, 0.717) is 24.8 Å². The summed E-state index contributed by atoms with van der Waals surface area (Å²) in [6.07, 6.45) is 9.22. The fourth-order valence-corrected chi connectivity index (χ4v) is 1.39. The van der Waals surface area contributed by atoms with Gasteiger partial charge >= 0.3 is 0 Å². The Hall–Kier alpha value is -2.06. The smallest absolute Gasteiger partial charge is 0.144 e. The lowest BCUT2D eigenvalue weighted by molar-refractivity contribution is -0.104. The zero-order chi connectivity index (χ0) is 13.2. The van der Waals surface area contributed by atoms with E-state index in [1.165, 1.54) is 18.5 Å². The third-order valence-corrected chi connectivity index (χ3v) is 2.28. The van der Waals surface area contributed by atoms with Crippen molar-refractivity contribution in [3.05, 3.63) is 35.8 Å². The standard InChI is InChI=1S/C12H13ClN4O/c13-4-5-16-17(6-1-7-18)12-3-2-11(8-14)9-15-10-12/h1-2,5-7,10,15H,3-4,9H2/b6-1-,16-5+. The molecule has 1 aliphatic rings. The highest BCUT2D eigenvalue weighted by atomic mass is 35.5. The largest absolute Gasteiger partial charge is 0.385 e. The molecule has 0 aromatic carbocycles. The van der Waals surface area contributed by atoms with Gasteiger partial charge in [0.05, 0.1) is 17.6 Å². The summed E-state index contributed by atoms with van der Waals surface area (Å²) in [6.45, 7) is 0.491. The van der Waals surface area contributed by atoms with Crippen LogP contribution in [0.15, 0.2) is 40.9 Å². The Morgan fingerprint density at radius 3 is 3.17 bits per heavy atom. The van der Waals surface area contributed by atoms with Crippen molar-refractivity contribution in [3.8, 4) is 6.07 Å². The average Bonchev–Trinajstić information content (AvgIpc) is 2.64. The van der Waals surface area contributed by atoms with Gasteiger partial charge in [0, 0.05) is 37.2 Å². The minimum Gasteiger partial charge on any atom is -0.385 e. The van der Waals surface area contributed by atoms with Crippen LogP contribution >= 0.6 is 11.6 Å². The molecule has 0 bridgehead atoms. The highest BCUT2D eigenvalue weighted by Crippen LogP contribution is 2.14. The Labute approximate surface area is 111 Å². The van der Waals surface area contributed by atoms with Crippen molar-refractivity contribution in [2.24, 2.45) is 5.10 Å². The van der Waals surface area contributed by atoms with Crippen molar-refractivity contribution in [3.63, 3.8) is 0 Å². The maximum atomic E-state index is 10.4. The van der Waals surface area contributed by atoms with E-state index in [-0.39, 0.29) is 5.88 Å². The molecule has 0 unspecified atom stereocenters. The normalized spacial score (nSPS) is 15.6. The first-order valence-electron chi connectivity index (χ1n) is 5.33. The number of nitrogens with zero attached hydrogens (tertiary/aromatic N) is 3. The van der Waals surface area contributed by atoms with E-state index >= 15 is 0 Å². The minimum absolute atomic E-state index is 0.283. The molecule has 18 heavy (non-hydrogen) atoms. The van der Waals surface area contributed by atoms with Crippen LogP contribution in [0.2, 0.25) is 0 Å². The van der Waals surface area contributed by atoms with Gasteiger partial charge in [-0.15, -0.1) is 11.6 Å². The molecule has 5 nitrogen and oxygen atoms in total. The van der Waals surface area contributed by atoms with E-state index < -0.39 is 0 Å². The number of nitriles is 1. The number of carbonyl (C=O) groups is 1. The summed E-state index contributed by atoms with van der Waals surface area (Å²) in [5, 5.41) is 17.5. The highest BCUT2D eigenvalue weighted by Gasteiger charge is 2.08. The van der Waals surface area contributed by atoms with Gasteiger partial charge in [0.15, 0.2) is 0 Å². The number of alkyl halides is 1. The summed E-state index contributed by atoms with van der Waals surface area (Å²) in [7, 11) is 0. The zero-order valence-electron chi connectivity index (χ0n) is 9.71. The third kappa shape index (κ3) is 4.44. The van der Waals surface area contributed by atoms with Gasteiger partial charge in [-0.1, -0.05) is 6.08 Å². The molecule has 6 heteroatoms. The second kappa shape index (κ2) is 8.09. The minimum atomic E-state index is 0.283. The number of hydrogen-bond donors (Lipinski definition) is 1. The Morgan fingerprint density at radius 1 is 1.67 bits per heavy atom. The van der Waals surface area contributed by atoms with Crippen molar-refractivity contribution >= 4 is 24.1 Å². The maximum absolute atomic E-state index is 10.4. The molecule has 0 amide bonds. The van der Waals surface area contributed by atoms with Crippen molar-refractivity contribution in [1.82, 2.24) is 10.3 Å². The van der Waals surface area contributed by atoms with Crippen molar-refractivity contribution in [2.45, 2.75) is 6.42 Å². The van der Waals surface area contributed by atoms with Crippen molar-refractivity contribution < 1.29 is 4.79 Å². The van der Waals surface area contributed by atoms with Crippen LogP contribution in [0.25, 0.3) is 0 Å². The van der Waals surface area contributed by atoms with Crippen LogP contribution < -0.4 is 5.32 Å². The van der Waals surface area contributed by atoms with E-state index in [9.17, 15) is 4.79 Å². The molecule has 0 radical (unpaired) electrons. The van der Waals surface area contributed by atoms with Crippen molar-refractivity contribution in [1.29, 1.82) is 5.26 Å². The Balaban J connectivity index is 2.85. The SMILES string of the molecule is N#CC1=CCC(N(/C=C\C=O)/N=C/CCl)=CNC1. The molecule has 94 valence electrons. The number of allylic oxidation sites excluding steroid dienone is 2. The van der Waals surface area contributed by atoms with Gasteiger partial charge in [0.1, 0.15) is 6.29 Å². The first-order chi connectivity index (χ1) is 8.81. The molecule has 0 fully saturated rings. The summed E-state index contributed by atoms with van der Waals surface area (Å²) < 4.78 is 0. The highest BCUT2D eigenvalue weighted by molar-refractivity contribution is 6.24. The molecule has 0 spiro atoms. The molecular formula is C12H13ClN4O. The predicted octanol–water partition coefficient (Wildman–Crippen LogP) is 1.51. The van der Waals surface area contributed by atoms with Crippen LogP contribution in [-0.4, -0.2) is 29.9 Å². The monoisotopic (exact) mass is 264 g/mol. The van der Waals surface area contributed by atoms with E-state index in [1.54, 1.807) is 11.2 Å². The van der Waals surface area contributed by atoms with Gasteiger partial charge in [-0.2, -0.15) is 10.4 Å². The van der Waals surface area contributed by atoms with Gasteiger partial charge < -0.3 is 5.32 Å². The lowest BCUT2D eigenvalue weighted by atomic mass is 10.2. The Kier molecular flexibility index (Phi) is 6.30. The van der Waals surface area contributed by atoms with Crippen LogP contribution in [0.5, 0.6) is 0 Å². The first kappa shape index (κ1) is 14.0. The van der Waals surface area contributed by atoms with Gasteiger partial charge in [0.25, 0.3) is 0 Å². The summed E-state index contributed by atoms with van der Waals surface area (Å²) in [6, 6.07) is 2.10. The Bertz CT molecular complexity index is 445. The molecular weight excluding hydrogens is 252 g/mol. The van der Waals surface area contributed by atoms with Gasteiger partial charge in [-0.3, -0.25) is 4.79 Å². The number of rotatable bonds is 5. The zero-order valence-corrected chi connectivity index (χ0v) is 10.5. The number of carbonyl (C=O) groups excluding carboxylic acids is 1. The van der Waals surface area contributed by atoms with E-state index in [1.807, 2.05) is 6.08 Å². The van der Waals surface area contributed by atoms with Crippen LogP contribution in [0.4, 0.5) is 0 Å². The molecule has 0 atom stereocenters. The molecule has 0 saturated heterocycles.